The molecule has 0 atom stereocenters. The summed E-state index contributed by atoms with van der Waals surface area (Å²) in [4.78, 5) is 13.5. The number of amides is 1. The van der Waals surface area contributed by atoms with Crippen LogP contribution in [0.25, 0.3) is 0 Å². The molecule has 19 heavy (non-hydrogen) atoms. The first-order chi connectivity index (χ1) is 8.71. The number of benzene rings is 1. The van der Waals surface area contributed by atoms with Gasteiger partial charge >= 0.3 is 6.18 Å². The number of hydrogen-bond donors (Lipinski definition) is 1. The first kappa shape index (κ1) is 15.4. The number of hydrogen-bond acceptors (Lipinski definition) is 2. The van der Waals surface area contributed by atoms with E-state index in [-0.39, 0.29) is 17.1 Å². The minimum Gasteiger partial charge on any atom is -0.393 e. The van der Waals surface area contributed by atoms with Crippen LogP contribution >= 0.6 is 12.2 Å². The third kappa shape index (κ3) is 4.51. The predicted octanol–water partition coefficient (Wildman–Crippen LogP) is 2.45. The van der Waals surface area contributed by atoms with Crippen molar-refractivity contribution < 1.29 is 18.0 Å². The molecule has 7 heteroatoms. The largest absolute Gasteiger partial charge is 0.416 e. The lowest BCUT2D eigenvalue weighted by Crippen LogP contribution is -2.30. The van der Waals surface area contributed by atoms with Gasteiger partial charge in [-0.2, -0.15) is 13.2 Å². The summed E-state index contributed by atoms with van der Waals surface area (Å²) in [6, 6.07) is 4.30. The van der Waals surface area contributed by atoms with Crippen LogP contribution in [0, 0.1) is 0 Å². The molecular formula is C12H13F3N2OS. The van der Waals surface area contributed by atoms with Gasteiger partial charge in [0.1, 0.15) is 0 Å². The summed E-state index contributed by atoms with van der Waals surface area (Å²) in [6.07, 6.45) is -4.13. The van der Waals surface area contributed by atoms with Gasteiger partial charge in [-0.15, -0.1) is 0 Å². The van der Waals surface area contributed by atoms with Gasteiger partial charge < -0.3 is 10.6 Å². The first-order valence-corrected chi connectivity index (χ1v) is 5.83. The zero-order valence-corrected chi connectivity index (χ0v) is 11.0. The molecule has 1 rings (SSSR count). The predicted molar refractivity (Wildman–Crippen MR) is 69.8 cm³/mol. The van der Waals surface area contributed by atoms with Crippen molar-refractivity contribution in [2.45, 2.75) is 12.6 Å². The lowest BCUT2D eigenvalue weighted by atomic mass is 10.1. The van der Waals surface area contributed by atoms with E-state index in [2.05, 4.69) is 12.2 Å². The van der Waals surface area contributed by atoms with Crippen LogP contribution in [0.15, 0.2) is 24.3 Å². The highest BCUT2D eigenvalue weighted by Crippen LogP contribution is 2.29. The maximum atomic E-state index is 12.5. The highest BCUT2D eigenvalue weighted by Gasteiger charge is 2.31. The van der Waals surface area contributed by atoms with Crippen LogP contribution in [-0.4, -0.2) is 29.4 Å². The van der Waals surface area contributed by atoms with Gasteiger partial charge in [-0.25, -0.2) is 0 Å². The van der Waals surface area contributed by atoms with Crippen molar-refractivity contribution in [1.82, 2.24) is 4.90 Å². The van der Waals surface area contributed by atoms with Gasteiger partial charge in [0.25, 0.3) is 5.91 Å². The fraction of sp³-hybridized carbons (Fsp3) is 0.333. The van der Waals surface area contributed by atoms with Crippen molar-refractivity contribution in [2.24, 2.45) is 5.73 Å². The number of halogens is 3. The minimum atomic E-state index is -4.46. The Labute approximate surface area is 114 Å². The lowest BCUT2D eigenvalue weighted by molar-refractivity contribution is -0.137. The van der Waals surface area contributed by atoms with E-state index in [1.165, 1.54) is 24.1 Å². The summed E-state index contributed by atoms with van der Waals surface area (Å²) in [5, 5.41) is 0. The molecule has 0 aliphatic heterocycles. The molecule has 2 N–H and O–H groups in total. The second-order valence-corrected chi connectivity index (χ2v) is 4.55. The second kappa shape index (κ2) is 6.01. The number of alkyl halides is 3. The van der Waals surface area contributed by atoms with Gasteiger partial charge in [0.2, 0.25) is 0 Å². The molecule has 0 bridgehead atoms. The fourth-order valence-corrected chi connectivity index (χ4v) is 1.52. The molecular weight excluding hydrogens is 277 g/mol. The molecule has 0 saturated heterocycles. The minimum absolute atomic E-state index is 0.0136. The molecule has 0 aliphatic rings. The summed E-state index contributed by atoms with van der Waals surface area (Å²) >= 11 is 4.68. The molecule has 3 nitrogen and oxygen atoms in total. The van der Waals surface area contributed by atoms with Crippen molar-refractivity contribution in [1.29, 1.82) is 0 Å². The van der Waals surface area contributed by atoms with E-state index in [0.717, 1.165) is 12.1 Å². The number of carbonyl (C=O) groups excluding carboxylic acids is 1. The van der Waals surface area contributed by atoms with Gasteiger partial charge in [0.05, 0.1) is 10.6 Å². The average molecular weight is 290 g/mol. The Hall–Kier alpha value is -1.63. The van der Waals surface area contributed by atoms with Gasteiger partial charge in [0.15, 0.2) is 0 Å². The van der Waals surface area contributed by atoms with Crippen molar-refractivity contribution >= 4 is 23.1 Å². The first-order valence-electron chi connectivity index (χ1n) is 5.43. The highest BCUT2D eigenvalue weighted by molar-refractivity contribution is 7.80. The topological polar surface area (TPSA) is 46.3 Å². The molecule has 0 saturated carbocycles. The molecule has 1 aromatic rings. The van der Waals surface area contributed by atoms with E-state index in [1.807, 2.05) is 0 Å². The van der Waals surface area contributed by atoms with Gasteiger partial charge in [0, 0.05) is 25.6 Å². The van der Waals surface area contributed by atoms with Crippen molar-refractivity contribution in [3.63, 3.8) is 0 Å². The number of carbonyl (C=O) groups is 1. The molecule has 104 valence electrons. The van der Waals surface area contributed by atoms with Crippen LogP contribution in [-0.2, 0) is 6.18 Å². The van der Waals surface area contributed by atoms with Crippen molar-refractivity contribution in [2.75, 3.05) is 13.6 Å². The Bertz CT molecular complexity index is 488. The van der Waals surface area contributed by atoms with Crippen LogP contribution in [0.3, 0.4) is 0 Å². The number of nitrogens with two attached hydrogens (primary N) is 1. The Morgan fingerprint density at radius 2 is 2.05 bits per heavy atom. The third-order valence-electron chi connectivity index (χ3n) is 2.48. The van der Waals surface area contributed by atoms with E-state index in [4.69, 9.17) is 5.73 Å². The van der Waals surface area contributed by atoms with E-state index < -0.39 is 17.6 Å². The van der Waals surface area contributed by atoms with E-state index in [1.54, 1.807) is 0 Å². The average Bonchev–Trinajstić information content (AvgIpc) is 2.34. The van der Waals surface area contributed by atoms with E-state index in [9.17, 15) is 18.0 Å². The number of rotatable bonds is 4. The SMILES string of the molecule is CN(CCC(N)=S)C(=O)c1cccc(C(F)(F)F)c1. The monoisotopic (exact) mass is 290 g/mol. The molecule has 0 spiro atoms. The fourth-order valence-electron chi connectivity index (χ4n) is 1.43. The zero-order valence-electron chi connectivity index (χ0n) is 10.2. The van der Waals surface area contributed by atoms with E-state index >= 15 is 0 Å². The van der Waals surface area contributed by atoms with Gasteiger partial charge in [-0.1, -0.05) is 18.3 Å². The van der Waals surface area contributed by atoms with Gasteiger partial charge in [-0.3, -0.25) is 4.79 Å². The summed E-state index contributed by atoms with van der Waals surface area (Å²) < 4.78 is 37.6. The summed E-state index contributed by atoms with van der Waals surface area (Å²) in [7, 11) is 1.49. The van der Waals surface area contributed by atoms with E-state index in [0.29, 0.717) is 6.42 Å². The van der Waals surface area contributed by atoms with Crippen molar-refractivity contribution in [3.8, 4) is 0 Å². The van der Waals surface area contributed by atoms with Crippen LogP contribution in [0.1, 0.15) is 22.3 Å². The molecule has 1 amide bonds. The van der Waals surface area contributed by atoms with Crippen LogP contribution in [0.5, 0.6) is 0 Å². The Balaban J connectivity index is 2.85. The van der Waals surface area contributed by atoms with Crippen LogP contribution in [0.2, 0.25) is 0 Å². The lowest BCUT2D eigenvalue weighted by Gasteiger charge is -2.17. The summed E-state index contributed by atoms with van der Waals surface area (Å²) in [5.74, 6) is -0.498. The number of nitrogens with zero attached hydrogens (tertiary/aromatic N) is 1. The summed E-state index contributed by atoms with van der Waals surface area (Å²) in [6.45, 7) is 0.268. The Morgan fingerprint density at radius 1 is 1.42 bits per heavy atom. The zero-order chi connectivity index (χ0) is 14.6. The Morgan fingerprint density at radius 3 is 2.58 bits per heavy atom. The maximum Gasteiger partial charge on any atom is 0.416 e. The van der Waals surface area contributed by atoms with Crippen LogP contribution < -0.4 is 5.73 Å². The molecule has 0 heterocycles. The van der Waals surface area contributed by atoms with Gasteiger partial charge in [-0.05, 0) is 18.2 Å². The van der Waals surface area contributed by atoms with Crippen molar-refractivity contribution in [3.05, 3.63) is 35.4 Å². The molecule has 0 unspecified atom stereocenters. The Kier molecular flexibility index (Phi) is 4.88. The molecule has 0 aliphatic carbocycles. The molecule has 0 fully saturated rings. The molecule has 0 radical (unpaired) electrons. The van der Waals surface area contributed by atoms with Crippen LogP contribution in [0.4, 0.5) is 13.2 Å². The smallest absolute Gasteiger partial charge is 0.393 e. The molecule has 0 aromatic heterocycles. The number of thiocarbonyl (C=S) groups is 1. The highest BCUT2D eigenvalue weighted by atomic mass is 32.1. The third-order valence-corrected chi connectivity index (χ3v) is 2.68. The standard InChI is InChI=1S/C12H13F3N2OS/c1-17(6-5-10(16)19)11(18)8-3-2-4-9(7-8)12(13,14)15/h2-4,7H,5-6H2,1H3,(H2,16,19). The second-order valence-electron chi connectivity index (χ2n) is 4.02. The quantitative estimate of drug-likeness (QED) is 0.866. The molecule has 1 aromatic carbocycles. The summed E-state index contributed by atoms with van der Waals surface area (Å²) in [5.41, 5.74) is 4.45. The maximum absolute atomic E-state index is 12.5. The normalized spacial score (nSPS) is 11.2.